The molecule has 1 aromatic carbocycles. The number of carbonyl (C=O) groups is 1. The molecular formula is C30H34F3N5O2. The summed E-state index contributed by atoms with van der Waals surface area (Å²) in [5.41, 5.74) is 3.79. The molecule has 0 N–H and O–H groups in total. The molecule has 7 rings (SSSR count). The average Bonchev–Trinajstić information content (AvgIpc) is 3.53. The number of aromatic nitrogens is 4. The van der Waals surface area contributed by atoms with Gasteiger partial charge in [0.25, 0.3) is 11.8 Å². The van der Waals surface area contributed by atoms with Gasteiger partial charge in [0.05, 0.1) is 12.4 Å². The van der Waals surface area contributed by atoms with E-state index in [2.05, 4.69) is 39.0 Å². The predicted octanol–water partition coefficient (Wildman–Crippen LogP) is 6.83. The number of nitrogens with zero attached hydrogens (tertiary/aromatic N) is 5. The number of rotatable bonds is 10. The zero-order valence-electron chi connectivity index (χ0n) is 22.7. The van der Waals surface area contributed by atoms with Gasteiger partial charge in [0.2, 0.25) is 5.82 Å². The van der Waals surface area contributed by atoms with Crippen molar-refractivity contribution < 1.29 is 22.5 Å². The van der Waals surface area contributed by atoms with Gasteiger partial charge in [-0.2, -0.15) is 18.9 Å². The fraction of sp³-hybridized carbons (Fsp3) is 0.533. The van der Waals surface area contributed by atoms with E-state index in [9.17, 15) is 18.0 Å². The minimum Gasteiger partial charge on any atom is -0.333 e. The van der Waals surface area contributed by atoms with E-state index in [4.69, 9.17) is 5.10 Å². The van der Waals surface area contributed by atoms with Crippen molar-refractivity contribution in [2.45, 2.75) is 75.5 Å². The molecule has 2 heterocycles. The van der Waals surface area contributed by atoms with Crippen LogP contribution in [-0.2, 0) is 17.3 Å². The van der Waals surface area contributed by atoms with Crippen LogP contribution in [-0.4, -0.2) is 39.0 Å². The molecule has 4 saturated carbocycles. The summed E-state index contributed by atoms with van der Waals surface area (Å²) in [7, 11) is 2.05. The first kappa shape index (κ1) is 26.8. The molecule has 0 spiro atoms. The van der Waals surface area contributed by atoms with Crippen LogP contribution < -0.4 is 4.90 Å². The Morgan fingerprint density at radius 3 is 2.52 bits per heavy atom. The van der Waals surface area contributed by atoms with Crippen LogP contribution in [0.4, 0.5) is 18.9 Å². The number of anilines is 1. The van der Waals surface area contributed by atoms with Crippen molar-refractivity contribution in [1.29, 1.82) is 0 Å². The molecule has 4 aliphatic carbocycles. The first-order valence-corrected chi connectivity index (χ1v) is 14.0. The molecule has 2 bridgehead atoms. The Balaban J connectivity index is 1.25. The third-order valence-electron chi connectivity index (χ3n) is 9.34. The number of fused-ring (bicyclic) bond motifs is 3. The molecule has 0 atom stereocenters. The second-order valence-corrected chi connectivity index (χ2v) is 11.9. The maximum atomic E-state index is 13.6. The van der Waals surface area contributed by atoms with Gasteiger partial charge >= 0.3 is 6.43 Å². The normalized spacial score (nSPS) is 24.0. The van der Waals surface area contributed by atoms with Crippen LogP contribution in [0, 0.1) is 5.41 Å². The summed E-state index contributed by atoms with van der Waals surface area (Å²) >= 11 is 0. The second kappa shape index (κ2) is 10.2. The molecule has 1 amide bonds. The fourth-order valence-electron chi connectivity index (χ4n) is 6.67. The van der Waals surface area contributed by atoms with Gasteiger partial charge in [-0.15, -0.1) is 0 Å². The van der Waals surface area contributed by atoms with E-state index in [1.165, 1.54) is 24.2 Å². The molecule has 0 aliphatic heterocycles. The summed E-state index contributed by atoms with van der Waals surface area (Å²) < 4.78 is 46.0. The fourth-order valence-corrected chi connectivity index (χ4v) is 6.67. The minimum atomic E-state index is -2.87. The number of amides is 1. The molecule has 212 valence electrons. The highest BCUT2D eigenvalue weighted by Gasteiger charge is 2.51. The summed E-state index contributed by atoms with van der Waals surface area (Å²) in [5, 5.41) is 8.64. The summed E-state index contributed by atoms with van der Waals surface area (Å²) in [5.74, 6) is -0.414. The number of halogens is 3. The van der Waals surface area contributed by atoms with Crippen LogP contribution in [0.5, 0.6) is 0 Å². The average molecular weight is 554 g/mol. The molecular weight excluding hydrogens is 519 g/mol. The van der Waals surface area contributed by atoms with E-state index in [1.807, 2.05) is 0 Å². The number of alkyl halides is 3. The van der Waals surface area contributed by atoms with Crippen LogP contribution in [0.25, 0.3) is 11.4 Å². The van der Waals surface area contributed by atoms with Gasteiger partial charge in [0.15, 0.2) is 0 Å². The van der Waals surface area contributed by atoms with Gasteiger partial charge in [-0.25, -0.2) is 0 Å². The van der Waals surface area contributed by atoms with Gasteiger partial charge in [0.1, 0.15) is 0 Å². The number of hydrogen-bond donors (Lipinski definition) is 0. The Hall–Kier alpha value is -3.43. The van der Waals surface area contributed by atoms with E-state index in [1.54, 1.807) is 29.2 Å². The summed E-state index contributed by atoms with van der Waals surface area (Å²) in [6.07, 6.45) is 5.50. The lowest BCUT2D eigenvalue weighted by Crippen LogP contribution is -2.51. The first-order chi connectivity index (χ1) is 19.2. The largest absolute Gasteiger partial charge is 0.333 e. The lowest BCUT2D eigenvalue weighted by Gasteiger charge is -2.54. The van der Waals surface area contributed by atoms with Crippen LogP contribution >= 0.6 is 0 Å². The van der Waals surface area contributed by atoms with E-state index in [0.717, 1.165) is 38.5 Å². The van der Waals surface area contributed by atoms with Crippen molar-refractivity contribution in [3.63, 3.8) is 0 Å². The zero-order chi connectivity index (χ0) is 28.1. The van der Waals surface area contributed by atoms with Crippen LogP contribution in [0.3, 0.4) is 0 Å². The highest BCUT2D eigenvalue weighted by Crippen LogP contribution is 2.58. The predicted molar refractivity (Wildman–Crippen MR) is 144 cm³/mol. The Labute approximate surface area is 231 Å². The van der Waals surface area contributed by atoms with Gasteiger partial charge < -0.3 is 9.42 Å². The van der Waals surface area contributed by atoms with Crippen molar-refractivity contribution in [3.8, 4) is 11.4 Å². The smallest absolute Gasteiger partial charge is 0.315 e. The van der Waals surface area contributed by atoms with Crippen LogP contribution in [0.2, 0.25) is 0 Å². The molecule has 0 saturated heterocycles. The maximum Gasteiger partial charge on any atom is 0.315 e. The monoisotopic (exact) mass is 553 g/mol. The number of aryl methyl sites for hydroxylation is 1. The number of carbonyl (C=O) groups excluding carboxylic acids is 1. The van der Waals surface area contributed by atoms with Gasteiger partial charge in [-0.3, -0.25) is 13.9 Å². The minimum absolute atomic E-state index is 0.0198. The molecule has 2 aromatic heterocycles. The van der Waals surface area contributed by atoms with Gasteiger partial charge in [-0.05, 0) is 75.0 Å². The topological polar surface area (TPSA) is 77.0 Å². The standard InChI is InChI=1S/C30H34F3N5O2/c1-19(8-15-31)28(39)38(22-5-3-4-21(16-22)26-34-27(25(32)33)40-36-26)18-29-9-12-30(13-10-29,14-11-29)24-17-23(20-6-7-20)37(2)35-24/h3-5,16-17,20,25H,1,6-15,18H2,2H3. The van der Waals surface area contributed by atoms with E-state index < -0.39 is 19.0 Å². The maximum absolute atomic E-state index is 13.6. The number of hydrogen-bond acceptors (Lipinski definition) is 5. The zero-order valence-corrected chi connectivity index (χ0v) is 22.7. The van der Waals surface area contributed by atoms with Crippen molar-refractivity contribution >= 4 is 11.6 Å². The van der Waals surface area contributed by atoms with E-state index >= 15 is 0 Å². The van der Waals surface area contributed by atoms with Gasteiger partial charge in [0, 0.05) is 53.9 Å². The molecule has 3 aromatic rings. The van der Waals surface area contributed by atoms with Crippen LogP contribution in [0.15, 0.2) is 47.0 Å². The quantitative estimate of drug-likeness (QED) is 0.257. The summed E-state index contributed by atoms with van der Waals surface area (Å²) in [6.45, 7) is 3.67. The van der Waals surface area contributed by atoms with Gasteiger partial charge in [-0.1, -0.05) is 23.9 Å². The third-order valence-corrected chi connectivity index (χ3v) is 9.34. The molecule has 7 nitrogen and oxygen atoms in total. The van der Waals surface area contributed by atoms with Crippen molar-refractivity contribution in [1.82, 2.24) is 19.9 Å². The Morgan fingerprint density at radius 2 is 1.90 bits per heavy atom. The molecule has 10 heteroatoms. The molecule has 4 fully saturated rings. The molecule has 0 unspecified atom stereocenters. The summed E-state index contributed by atoms with van der Waals surface area (Å²) in [4.78, 5) is 19.1. The Kier molecular flexibility index (Phi) is 6.82. The third kappa shape index (κ3) is 4.86. The first-order valence-electron chi connectivity index (χ1n) is 14.0. The molecule has 40 heavy (non-hydrogen) atoms. The Morgan fingerprint density at radius 1 is 1.18 bits per heavy atom. The van der Waals surface area contributed by atoms with E-state index in [0.29, 0.717) is 23.7 Å². The Bertz CT molecular complexity index is 1400. The lowest BCUT2D eigenvalue weighted by atomic mass is 9.52. The highest BCUT2D eigenvalue weighted by atomic mass is 19.3. The highest BCUT2D eigenvalue weighted by molar-refractivity contribution is 6.05. The van der Waals surface area contributed by atoms with E-state index in [-0.39, 0.29) is 34.6 Å². The second-order valence-electron chi connectivity index (χ2n) is 11.9. The molecule has 0 radical (unpaired) electrons. The number of benzene rings is 1. The SMILES string of the molecule is C=C(CCF)C(=O)N(CC12CCC(c3cc(C4CC4)n(C)n3)(CC1)CC2)c1cccc(-c2noc(C(F)F)n2)c1. The van der Waals surface area contributed by atoms with Crippen molar-refractivity contribution in [2.24, 2.45) is 12.5 Å². The van der Waals surface area contributed by atoms with Crippen LogP contribution in [0.1, 0.15) is 87.4 Å². The van der Waals surface area contributed by atoms with Crippen molar-refractivity contribution in [2.75, 3.05) is 18.1 Å². The van der Waals surface area contributed by atoms with Crippen molar-refractivity contribution in [3.05, 3.63) is 59.8 Å². The summed E-state index contributed by atoms with van der Waals surface area (Å²) in [6, 6.07) is 9.22. The lowest BCUT2D eigenvalue weighted by molar-refractivity contribution is -0.116. The molecule has 4 aliphatic rings.